The maximum absolute atomic E-state index is 9.23. The third-order valence-electron chi connectivity index (χ3n) is 2.81. The summed E-state index contributed by atoms with van der Waals surface area (Å²) in [6.07, 6.45) is 0.953. The van der Waals surface area contributed by atoms with Crippen molar-refractivity contribution in [1.29, 1.82) is 0 Å². The molecule has 0 aliphatic rings. The zero-order valence-corrected chi connectivity index (χ0v) is 9.12. The van der Waals surface area contributed by atoms with E-state index in [-0.39, 0.29) is 12.5 Å². The molecule has 1 heterocycles. The van der Waals surface area contributed by atoms with Gasteiger partial charge in [0.15, 0.2) is 0 Å². The number of aryl methyl sites for hydroxylation is 1. The van der Waals surface area contributed by atoms with Crippen LogP contribution >= 0.6 is 0 Å². The van der Waals surface area contributed by atoms with Gasteiger partial charge in [-0.05, 0) is 31.0 Å². The van der Waals surface area contributed by atoms with Crippen LogP contribution in [0, 0.1) is 6.92 Å². The van der Waals surface area contributed by atoms with Gasteiger partial charge in [0.25, 0.3) is 0 Å². The first kappa shape index (κ1) is 10.2. The second-order valence-electron chi connectivity index (χ2n) is 3.89. The molecule has 0 bridgehead atoms. The number of fused-ring (bicyclic) bond motifs is 1. The van der Waals surface area contributed by atoms with Crippen molar-refractivity contribution in [2.45, 2.75) is 26.2 Å². The van der Waals surface area contributed by atoms with Crippen LogP contribution in [0.3, 0.4) is 0 Å². The standard InChI is InChI=1S/C12H16N2O/c1-3-9(7-15)10-4-5-11-12(6-10)14-8(2)13-11/h4-6,9,15H,3,7H2,1-2H3,(H,13,14). The van der Waals surface area contributed by atoms with Crippen LogP contribution in [0.2, 0.25) is 0 Å². The van der Waals surface area contributed by atoms with E-state index in [2.05, 4.69) is 23.0 Å². The van der Waals surface area contributed by atoms with Gasteiger partial charge in [-0.3, -0.25) is 0 Å². The number of aliphatic hydroxyl groups is 1. The molecule has 2 rings (SSSR count). The number of nitrogens with one attached hydrogen (secondary N) is 1. The van der Waals surface area contributed by atoms with Gasteiger partial charge in [-0.25, -0.2) is 4.98 Å². The zero-order chi connectivity index (χ0) is 10.8. The highest BCUT2D eigenvalue weighted by molar-refractivity contribution is 5.76. The molecule has 1 unspecified atom stereocenters. The van der Waals surface area contributed by atoms with Gasteiger partial charge in [-0.15, -0.1) is 0 Å². The molecule has 1 aromatic heterocycles. The van der Waals surface area contributed by atoms with Gasteiger partial charge in [0.05, 0.1) is 11.0 Å². The summed E-state index contributed by atoms with van der Waals surface area (Å²) in [6, 6.07) is 6.14. The second kappa shape index (κ2) is 4.03. The smallest absolute Gasteiger partial charge is 0.104 e. The van der Waals surface area contributed by atoms with Gasteiger partial charge in [0.2, 0.25) is 0 Å². The molecule has 0 fully saturated rings. The molecule has 0 aliphatic heterocycles. The number of benzene rings is 1. The summed E-state index contributed by atoms with van der Waals surface area (Å²) in [6.45, 7) is 4.24. The first-order chi connectivity index (χ1) is 7.24. The number of H-pyrrole nitrogens is 1. The lowest BCUT2D eigenvalue weighted by Gasteiger charge is -2.11. The van der Waals surface area contributed by atoms with E-state index in [0.29, 0.717) is 0 Å². The fourth-order valence-electron chi connectivity index (χ4n) is 1.88. The van der Waals surface area contributed by atoms with Crippen molar-refractivity contribution >= 4 is 11.0 Å². The van der Waals surface area contributed by atoms with Crippen LogP contribution in [0.25, 0.3) is 11.0 Å². The van der Waals surface area contributed by atoms with Gasteiger partial charge in [-0.2, -0.15) is 0 Å². The van der Waals surface area contributed by atoms with Gasteiger partial charge in [0.1, 0.15) is 5.82 Å². The summed E-state index contributed by atoms with van der Waals surface area (Å²) < 4.78 is 0. The number of aliphatic hydroxyl groups excluding tert-OH is 1. The van der Waals surface area contributed by atoms with E-state index in [1.54, 1.807) is 0 Å². The number of imidazole rings is 1. The molecule has 2 aromatic rings. The summed E-state index contributed by atoms with van der Waals surface area (Å²) in [7, 11) is 0. The van der Waals surface area contributed by atoms with Crippen LogP contribution in [-0.2, 0) is 0 Å². The monoisotopic (exact) mass is 204 g/mol. The molecule has 2 N–H and O–H groups in total. The highest BCUT2D eigenvalue weighted by atomic mass is 16.3. The maximum atomic E-state index is 9.23. The van der Waals surface area contributed by atoms with Crippen molar-refractivity contribution in [3.8, 4) is 0 Å². The third-order valence-corrected chi connectivity index (χ3v) is 2.81. The Labute approximate surface area is 89.2 Å². The lowest BCUT2D eigenvalue weighted by Crippen LogP contribution is -2.02. The molecule has 0 radical (unpaired) electrons. The molecule has 0 aliphatic carbocycles. The fourth-order valence-corrected chi connectivity index (χ4v) is 1.88. The first-order valence-electron chi connectivity index (χ1n) is 5.31. The van der Waals surface area contributed by atoms with E-state index in [4.69, 9.17) is 0 Å². The molecular weight excluding hydrogens is 188 g/mol. The molecule has 3 heteroatoms. The van der Waals surface area contributed by atoms with Crippen molar-refractivity contribution in [2.75, 3.05) is 6.61 Å². The normalized spacial score (nSPS) is 13.3. The molecule has 1 aromatic carbocycles. The average Bonchev–Trinajstić information content (AvgIpc) is 2.59. The summed E-state index contributed by atoms with van der Waals surface area (Å²) >= 11 is 0. The largest absolute Gasteiger partial charge is 0.396 e. The van der Waals surface area contributed by atoms with Gasteiger partial charge in [0, 0.05) is 12.5 Å². The SMILES string of the molecule is CCC(CO)c1ccc2nc(C)[nH]c2c1. The Hall–Kier alpha value is -1.35. The average molecular weight is 204 g/mol. The predicted molar refractivity (Wildman–Crippen MR) is 60.9 cm³/mol. The van der Waals surface area contributed by atoms with Crippen molar-refractivity contribution in [2.24, 2.45) is 0 Å². The van der Waals surface area contributed by atoms with E-state index >= 15 is 0 Å². The minimum Gasteiger partial charge on any atom is -0.396 e. The van der Waals surface area contributed by atoms with E-state index in [1.807, 2.05) is 19.1 Å². The van der Waals surface area contributed by atoms with E-state index in [0.717, 1.165) is 23.3 Å². The van der Waals surface area contributed by atoms with E-state index in [9.17, 15) is 5.11 Å². The van der Waals surface area contributed by atoms with Crippen LogP contribution in [-0.4, -0.2) is 21.7 Å². The Morgan fingerprint density at radius 1 is 1.47 bits per heavy atom. The molecule has 80 valence electrons. The Balaban J connectivity index is 2.45. The quantitative estimate of drug-likeness (QED) is 0.806. The van der Waals surface area contributed by atoms with E-state index in [1.165, 1.54) is 5.56 Å². The van der Waals surface area contributed by atoms with Gasteiger partial charge in [-0.1, -0.05) is 13.0 Å². The topological polar surface area (TPSA) is 48.9 Å². The highest BCUT2D eigenvalue weighted by Gasteiger charge is 2.09. The summed E-state index contributed by atoms with van der Waals surface area (Å²) in [5.41, 5.74) is 3.22. The summed E-state index contributed by atoms with van der Waals surface area (Å²) in [5, 5.41) is 9.23. The van der Waals surface area contributed by atoms with Crippen molar-refractivity contribution < 1.29 is 5.11 Å². The molecule has 0 amide bonds. The van der Waals surface area contributed by atoms with Crippen molar-refractivity contribution in [3.63, 3.8) is 0 Å². The number of rotatable bonds is 3. The molecule has 15 heavy (non-hydrogen) atoms. The molecule has 0 saturated carbocycles. The van der Waals surface area contributed by atoms with Crippen LogP contribution in [0.4, 0.5) is 0 Å². The number of hydrogen-bond acceptors (Lipinski definition) is 2. The van der Waals surface area contributed by atoms with Crippen molar-refractivity contribution in [3.05, 3.63) is 29.6 Å². The Morgan fingerprint density at radius 3 is 2.93 bits per heavy atom. The number of aromatic amines is 1. The lowest BCUT2D eigenvalue weighted by atomic mass is 9.97. The Morgan fingerprint density at radius 2 is 2.27 bits per heavy atom. The third kappa shape index (κ3) is 1.88. The molecule has 0 spiro atoms. The zero-order valence-electron chi connectivity index (χ0n) is 9.12. The second-order valence-corrected chi connectivity index (χ2v) is 3.89. The minimum atomic E-state index is 0.203. The summed E-state index contributed by atoms with van der Waals surface area (Å²) in [5.74, 6) is 1.16. The maximum Gasteiger partial charge on any atom is 0.104 e. The van der Waals surface area contributed by atoms with Crippen LogP contribution in [0.1, 0.15) is 30.7 Å². The fraction of sp³-hybridized carbons (Fsp3) is 0.417. The van der Waals surface area contributed by atoms with Gasteiger partial charge < -0.3 is 10.1 Å². The molecule has 3 nitrogen and oxygen atoms in total. The Kier molecular flexibility index (Phi) is 2.73. The number of aromatic nitrogens is 2. The number of hydrogen-bond donors (Lipinski definition) is 2. The highest BCUT2D eigenvalue weighted by Crippen LogP contribution is 2.22. The first-order valence-corrected chi connectivity index (χ1v) is 5.31. The Bertz CT molecular complexity index is 458. The van der Waals surface area contributed by atoms with Crippen LogP contribution < -0.4 is 0 Å². The van der Waals surface area contributed by atoms with E-state index < -0.39 is 0 Å². The molecule has 1 atom stereocenters. The number of nitrogens with zero attached hydrogens (tertiary/aromatic N) is 1. The van der Waals surface area contributed by atoms with Crippen LogP contribution in [0.5, 0.6) is 0 Å². The summed E-state index contributed by atoms with van der Waals surface area (Å²) in [4.78, 5) is 7.56. The minimum absolute atomic E-state index is 0.203. The predicted octanol–water partition coefficient (Wildman–Crippen LogP) is 2.36. The van der Waals surface area contributed by atoms with Gasteiger partial charge >= 0.3 is 0 Å². The van der Waals surface area contributed by atoms with Crippen molar-refractivity contribution in [1.82, 2.24) is 9.97 Å². The molecule has 0 saturated heterocycles. The lowest BCUT2D eigenvalue weighted by molar-refractivity contribution is 0.262. The van der Waals surface area contributed by atoms with Crippen LogP contribution in [0.15, 0.2) is 18.2 Å². The molecular formula is C12H16N2O.